The molecule has 0 atom stereocenters. The Balaban J connectivity index is 2.02. The molecule has 2 aromatic rings. The number of aromatic nitrogens is 1. The highest BCUT2D eigenvalue weighted by atomic mass is 32.2. The Morgan fingerprint density at radius 3 is 2.68 bits per heavy atom. The van der Waals surface area contributed by atoms with Crippen molar-refractivity contribution < 1.29 is 9.67 Å². The van der Waals surface area contributed by atoms with Gasteiger partial charge in [-0.3, -0.25) is 0 Å². The maximum atomic E-state index is 9.36. The molecule has 0 fully saturated rings. The quantitative estimate of drug-likeness (QED) is 0.882. The monoisotopic (exact) mass is 313 g/mol. The van der Waals surface area contributed by atoms with Crippen molar-refractivity contribution in [1.82, 2.24) is 0 Å². The Morgan fingerprint density at radius 1 is 1.18 bits per heavy atom. The first-order valence-electron chi connectivity index (χ1n) is 7.45. The molecule has 1 N–H and O–H groups in total. The summed E-state index contributed by atoms with van der Waals surface area (Å²) in [5.74, 6) is 0. The number of para-hydroxylation sites is 1. The Morgan fingerprint density at radius 2 is 1.95 bits per heavy atom. The van der Waals surface area contributed by atoms with E-state index in [2.05, 4.69) is 72.8 Å². The Labute approximate surface area is 135 Å². The minimum Gasteiger partial charge on any atom is -0.390 e. The molecule has 1 aromatic heterocycles. The fraction of sp³-hybridized carbons (Fsp3) is 0.278. The number of hydrogen-bond acceptors (Lipinski definition) is 3. The van der Waals surface area contributed by atoms with Crippen LogP contribution < -0.4 is 9.47 Å². The maximum absolute atomic E-state index is 9.36. The topological polar surface area (TPSA) is 27.4 Å². The normalized spacial score (nSPS) is 15.5. The zero-order valence-corrected chi connectivity index (χ0v) is 14.0. The highest BCUT2D eigenvalue weighted by Gasteiger charge is 2.23. The number of aryl methyl sites for hydroxylation is 1. The third-order valence-corrected chi connectivity index (χ3v) is 5.32. The molecule has 1 aromatic carbocycles. The van der Waals surface area contributed by atoms with Crippen LogP contribution in [0.3, 0.4) is 0 Å². The molecule has 22 heavy (non-hydrogen) atoms. The van der Waals surface area contributed by atoms with Gasteiger partial charge in [0.2, 0.25) is 5.69 Å². The van der Waals surface area contributed by atoms with Gasteiger partial charge < -0.3 is 10.0 Å². The van der Waals surface area contributed by atoms with Crippen LogP contribution in [0.5, 0.6) is 0 Å². The molecule has 3 rings (SSSR count). The van der Waals surface area contributed by atoms with E-state index in [0.717, 1.165) is 5.69 Å². The van der Waals surface area contributed by atoms with Gasteiger partial charge in [0.25, 0.3) is 0 Å². The molecule has 4 heteroatoms. The van der Waals surface area contributed by atoms with Crippen LogP contribution in [0.2, 0.25) is 0 Å². The lowest BCUT2D eigenvalue weighted by Gasteiger charge is -2.13. The van der Waals surface area contributed by atoms with Gasteiger partial charge in [0.05, 0.1) is 10.7 Å². The molecule has 0 amide bonds. The van der Waals surface area contributed by atoms with Gasteiger partial charge in [0, 0.05) is 36.6 Å². The standard InChI is InChI=1S/C18H21N2OS/c1-13-8-9-15(20(10-11-21)14(13)2)12-18-19(3)16-6-4-5-7-17(16)22-18/h4-9,12,21H,10-11H2,1-3H3/q+1. The summed E-state index contributed by atoms with van der Waals surface area (Å²) < 4.78 is 2.18. The largest absolute Gasteiger partial charge is 0.390 e. The van der Waals surface area contributed by atoms with E-state index in [1.807, 2.05) is 0 Å². The third kappa shape index (κ3) is 2.64. The summed E-state index contributed by atoms with van der Waals surface area (Å²) in [6, 6.07) is 12.7. The lowest BCUT2D eigenvalue weighted by Crippen LogP contribution is -2.42. The van der Waals surface area contributed by atoms with Crippen LogP contribution in [0.15, 0.2) is 46.3 Å². The summed E-state index contributed by atoms with van der Waals surface area (Å²) >= 11 is 1.79. The van der Waals surface area contributed by atoms with E-state index in [1.54, 1.807) is 11.8 Å². The number of nitrogens with zero attached hydrogens (tertiary/aromatic N) is 2. The van der Waals surface area contributed by atoms with Crippen LogP contribution in [0.1, 0.15) is 17.0 Å². The van der Waals surface area contributed by atoms with Crippen LogP contribution in [-0.4, -0.2) is 18.8 Å². The molecule has 0 bridgehead atoms. The third-order valence-electron chi connectivity index (χ3n) is 4.16. The number of hydrogen-bond donors (Lipinski definition) is 1. The SMILES string of the molecule is Cc1ccc(/C=C2\Sc3ccccc3N2C)[n+](CCO)c1C. The van der Waals surface area contributed by atoms with Gasteiger partial charge in [-0.2, -0.15) is 4.57 Å². The molecule has 0 spiro atoms. The lowest BCUT2D eigenvalue weighted by molar-refractivity contribution is -0.705. The van der Waals surface area contributed by atoms with Gasteiger partial charge >= 0.3 is 0 Å². The van der Waals surface area contributed by atoms with E-state index in [4.69, 9.17) is 0 Å². The van der Waals surface area contributed by atoms with Gasteiger partial charge in [-0.25, -0.2) is 0 Å². The first-order chi connectivity index (χ1) is 10.6. The van der Waals surface area contributed by atoms with E-state index in [-0.39, 0.29) is 6.61 Å². The van der Waals surface area contributed by atoms with Crippen LogP contribution in [-0.2, 0) is 6.54 Å². The molecule has 2 heterocycles. The molecule has 114 valence electrons. The smallest absolute Gasteiger partial charge is 0.208 e. The molecular weight excluding hydrogens is 292 g/mol. The number of benzene rings is 1. The number of aliphatic hydroxyl groups is 1. The number of aliphatic hydroxyl groups excluding tert-OH is 1. The maximum Gasteiger partial charge on any atom is 0.208 e. The van der Waals surface area contributed by atoms with Gasteiger partial charge in [-0.05, 0) is 25.1 Å². The predicted molar refractivity (Wildman–Crippen MR) is 91.9 cm³/mol. The molecule has 0 saturated carbocycles. The Hall–Kier alpha value is -1.78. The second-order valence-electron chi connectivity index (χ2n) is 5.51. The zero-order valence-electron chi connectivity index (χ0n) is 13.2. The highest BCUT2D eigenvalue weighted by molar-refractivity contribution is 8.03. The van der Waals surface area contributed by atoms with E-state index < -0.39 is 0 Å². The second-order valence-corrected chi connectivity index (χ2v) is 6.58. The number of rotatable bonds is 3. The van der Waals surface area contributed by atoms with Crippen molar-refractivity contribution in [3.8, 4) is 0 Å². The molecule has 1 aliphatic heterocycles. The average Bonchev–Trinajstić information content (AvgIpc) is 2.83. The van der Waals surface area contributed by atoms with Gasteiger partial charge in [0.1, 0.15) is 6.61 Å². The summed E-state index contributed by atoms with van der Waals surface area (Å²) in [7, 11) is 2.10. The van der Waals surface area contributed by atoms with Crippen LogP contribution in [0.25, 0.3) is 6.08 Å². The van der Waals surface area contributed by atoms with Crippen LogP contribution in [0, 0.1) is 13.8 Å². The predicted octanol–water partition coefficient (Wildman–Crippen LogP) is 3.12. The van der Waals surface area contributed by atoms with Crippen molar-refractivity contribution in [3.05, 3.63) is 58.4 Å². The van der Waals surface area contributed by atoms with Crippen molar-refractivity contribution in [2.45, 2.75) is 25.3 Å². The number of fused-ring (bicyclic) bond motifs is 1. The summed E-state index contributed by atoms with van der Waals surface area (Å²) in [6.07, 6.45) is 2.20. The van der Waals surface area contributed by atoms with Crippen LogP contribution >= 0.6 is 11.8 Å². The average molecular weight is 313 g/mol. The minimum absolute atomic E-state index is 0.147. The van der Waals surface area contributed by atoms with Gasteiger partial charge in [0.15, 0.2) is 12.2 Å². The van der Waals surface area contributed by atoms with Crippen molar-refractivity contribution in [2.75, 3.05) is 18.6 Å². The fourth-order valence-corrected chi connectivity index (χ4v) is 3.82. The minimum atomic E-state index is 0.147. The molecule has 0 radical (unpaired) electrons. The van der Waals surface area contributed by atoms with E-state index >= 15 is 0 Å². The van der Waals surface area contributed by atoms with Crippen molar-refractivity contribution in [1.29, 1.82) is 0 Å². The summed E-state index contributed by atoms with van der Waals surface area (Å²) in [6.45, 7) is 4.97. The summed E-state index contributed by atoms with van der Waals surface area (Å²) in [5, 5.41) is 10.6. The molecule has 0 unspecified atom stereocenters. The molecular formula is C18H21N2OS+. The van der Waals surface area contributed by atoms with Gasteiger partial charge in [-0.1, -0.05) is 23.9 Å². The zero-order chi connectivity index (χ0) is 15.7. The Bertz CT molecular complexity index is 740. The van der Waals surface area contributed by atoms with Crippen molar-refractivity contribution in [3.63, 3.8) is 0 Å². The van der Waals surface area contributed by atoms with Crippen LogP contribution in [0.4, 0.5) is 5.69 Å². The molecule has 3 nitrogen and oxygen atoms in total. The fourth-order valence-electron chi connectivity index (χ4n) is 2.72. The number of anilines is 1. The molecule has 0 aliphatic carbocycles. The van der Waals surface area contributed by atoms with E-state index in [1.165, 1.54) is 26.9 Å². The first-order valence-corrected chi connectivity index (χ1v) is 8.26. The number of pyridine rings is 1. The molecule has 1 aliphatic rings. The molecule has 0 saturated heterocycles. The first kappa shape index (κ1) is 15.1. The van der Waals surface area contributed by atoms with E-state index in [0.29, 0.717) is 6.54 Å². The highest BCUT2D eigenvalue weighted by Crippen LogP contribution is 2.45. The van der Waals surface area contributed by atoms with Gasteiger partial charge in [-0.15, -0.1) is 0 Å². The van der Waals surface area contributed by atoms with Crippen molar-refractivity contribution in [2.24, 2.45) is 0 Å². The second kappa shape index (κ2) is 6.15. The van der Waals surface area contributed by atoms with E-state index in [9.17, 15) is 5.11 Å². The summed E-state index contributed by atoms with van der Waals surface area (Å²) in [5.41, 5.74) is 4.81. The lowest BCUT2D eigenvalue weighted by atomic mass is 10.2. The van der Waals surface area contributed by atoms with Crippen molar-refractivity contribution >= 4 is 23.5 Å². The Kier molecular flexibility index (Phi) is 4.23. The summed E-state index contributed by atoms with van der Waals surface area (Å²) in [4.78, 5) is 3.51. The number of thioether (sulfide) groups is 1.